The zero-order chi connectivity index (χ0) is 38.6. The molecule has 15 heteroatoms. The monoisotopic (exact) mass is 777 g/mol. The standard InChI is InChI=1S/C39H46ClF2N7O4Si/c1-38(2,3)54(4,5)53-22-26-12-15-39(14-7-17-49(26)39)23-52-36-45-34-28(35(46-36)47-18-19-48(37(50)51)25(21-47)13-16-43)20-44-33(32(34)42)27-9-6-8-24-10-11-29(41)31(40)30(24)27/h6,8-11,20,25-26H,7,12-15,17-19,21-23H2,1-5H3,(H,50,51)/t25-,26?,39?/m0/s1. The van der Waals surface area contributed by atoms with Gasteiger partial charge in [0.05, 0.1) is 34.5 Å². The predicted molar refractivity (Wildman–Crippen MR) is 206 cm³/mol. The van der Waals surface area contributed by atoms with Gasteiger partial charge in [-0.2, -0.15) is 15.2 Å². The Morgan fingerprint density at radius 1 is 1.13 bits per heavy atom. The third-order valence-electron chi connectivity index (χ3n) is 12.1. The fourth-order valence-electron chi connectivity index (χ4n) is 8.11. The third-order valence-corrected chi connectivity index (χ3v) is 17.0. The van der Waals surface area contributed by atoms with Crippen LogP contribution in [0, 0.1) is 23.0 Å². The molecule has 3 aliphatic heterocycles. The van der Waals surface area contributed by atoms with Gasteiger partial charge in [-0.3, -0.25) is 9.88 Å². The van der Waals surface area contributed by atoms with E-state index in [1.54, 1.807) is 24.3 Å². The maximum absolute atomic E-state index is 17.0. The molecule has 2 unspecified atom stereocenters. The molecule has 0 aliphatic carbocycles. The molecule has 54 heavy (non-hydrogen) atoms. The zero-order valence-corrected chi connectivity index (χ0v) is 33.1. The molecule has 1 N–H and O–H groups in total. The van der Waals surface area contributed by atoms with Crippen molar-refractivity contribution in [2.24, 2.45) is 0 Å². The first-order valence-electron chi connectivity index (χ1n) is 18.5. The number of pyridine rings is 1. The molecule has 11 nitrogen and oxygen atoms in total. The number of anilines is 1. The molecule has 2 aromatic carbocycles. The van der Waals surface area contributed by atoms with Crippen LogP contribution in [0.3, 0.4) is 0 Å². The summed E-state index contributed by atoms with van der Waals surface area (Å²) in [6, 6.07) is 9.70. The molecule has 3 fully saturated rings. The van der Waals surface area contributed by atoms with Crippen LogP contribution < -0.4 is 9.64 Å². The summed E-state index contributed by atoms with van der Waals surface area (Å²) < 4.78 is 44.8. The molecule has 5 heterocycles. The van der Waals surface area contributed by atoms with E-state index in [9.17, 15) is 19.6 Å². The molecular weight excluding hydrogens is 732 g/mol. The van der Waals surface area contributed by atoms with Crippen molar-refractivity contribution in [2.45, 2.75) is 88.6 Å². The molecule has 1 amide bonds. The van der Waals surface area contributed by atoms with Crippen LogP contribution in [0.2, 0.25) is 23.2 Å². The lowest BCUT2D eigenvalue weighted by molar-refractivity contribution is 0.0663. The Labute approximate surface area is 320 Å². The number of hydrogen-bond donors (Lipinski definition) is 1. The van der Waals surface area contributed by atoms with E-state index in [0.717, 1.165) is 32.2 Å². The Balaban J connectivity index is 1.26. The molecule has 3 atom stereocenters. The van der Waals surface area contributed by atoms with Crippen molar-refractivity contribution >= 4 is 53.5 Å². The molecule has 2 aromatic heterocycles. The summed E-state index contributed by atoms with van der Waals surface area (Å²) in [6.07, 6.45) is 4.21. The SMILES string of the molecule is CC(C)(C)[Si](C)(C)OCC1CCC2(COc3nc(N4CCN(C(=O)O)[C@@H](CC#N)C4)c4cnc(-c5cccc6ccc(F)c(Cl)c56)c(F)c4n3)CCCN12. The van der Waals surface area contributed by atoms with Gasteiger partial charge in [0.2, 0.25) is 0 Å². The van der Waals surface area contributed by atoms with Crippen LogP contribution in [-0.4, -0.2) is 101 Å². The minimum atomic E-state index is -1.94. The number of nitriles is 1. The van der Waals surface area contributed by atoms with Gasteiger partial charge in [-0.15, -0.1) is 0 Å². The van der Waals surface area contributed by atoms with Crippen molar-refractivity contribution in [1.82, 2.24) is 24.8 Å². The van der Waals surface area contributed by atoms with Crippen molar-refractivity contribution in [3.63, 3.8) is 0 Å². The highest BCUT2D eigenvalue weighted by Crippen LogP contribution is 2.45. The lowest BCUT2D eigenvalue weighted by Gasteiger charge is -2.40. The van der Waals surface area contributed by atoms with Gasteiger partial charge in [-0.05, 0) is 61.8 Å². The number of fused-ring (bicyclic) bond motifs is 3. The largest absolute Gasteiger partial charge is 0.465 e. The second kappa shape index (κ2) is 14.5. The first-order chi connectivity index (χ1) is 25.6. The van der Waals surface area contributed by atoms with E-state index in [-0.39, 0.29) is 64.9 Å². The number of halogens is 3. The summed E-state index contributed by atoms with van der Waals surface area (Å²) >= 11 is 6.44. The average Bonchev–Trinajstić information content (AvgIpc) is 3.70. The molecule has 0 radical (unpaired) electrons. The number of benzene rings is 2. The highest BCUT2D eigenvalue weighted by Gasteiger charge is 2.51. The number of carbonyl (C=O) groups is 1. The fraction of sp³-hybridized carbons (Fsp3) is 0.513. The summed E-state index contributed by atoms with van der Waals surface area (Å²) in [5.74, 6) is -1.06. The van der Waals surface area contributed by atoms with E-state index >= 15 is 4.39 Å². The van der Waals surface area contributed by atoms with E-state index < -0.39 is 32.1 Å². The fourth-order valence-corrected chi connectivity index (χ4v) is 9.43. The van der Waals surface area contributed by atoms with Crippen molar-refractivity contribution in [1.29, 1.82) is 5.26 Å². The summed E-state index contributed by atoms with van der Waals surface area (Å²) in [5.41, 5.74) is -0.0397. The number of hydrogen-bond acceptors (Lipinski definition) is 9. The number of ether oxygens (including phenoxy) is 1. The normalized spacial score (nSPS) is 22.2. The third kappa shape index (κ3) is 6.84. The van der Waals surface area contributed by atoms with E-state index in [2.05, 4.69) is 54.8 Å². The van der Waals surface area contributed by atoms with Gasteiger partial charge in [0, 0.05) is 49.4 Å². The minimum absolute atomic E-state index is 0.0183. The van der Waals surface area contributed by atoms with E-state index in [1.165, 1.54) is 17.2 Å². The van der Waals surface area contributed by atoms with Crippen molar-refractivity contribution in [2.75, 3.05) is 44.3 Å². The maximum Gasteiger partial charge on any atom is 0.407 e. The van der Waals surface area contributed by atoms with Crippen LogP contribution in [0.1, 0.15) is 52.9 Å². The van der Waals surface area contributed by atoms with Crippen LogP contribution in [-0.2, 0) is 4.43 Å². The Morgan fingerprint density at radius 3 is 2.67 bits per heavy atom. The molecule has 286 valence electrons. The highest BCUT2D eigenvalue weighted by atomic mass is 35.5. The summed E-state index contributed by atoms with van der Waals surface area (Å²) in [7, 11) is -1.94. The molecule has 7 rings (SSSR count). The van der Waals surface area contributed by atoms with Crippen LogP contribution in [0.5, 0.6) is 6.01 Å². The summed E-state index contributed by atoms with van der Waals surface area (Å²) in [5, 5.41) is 20.6. The number of nitrogens with zero attached hydrogens (tertiary/aromatic N) is 7. The number of aromatic nitrogens is 3. The first-order valence-corrected chi connectivity index (χ1v) is 21.8. The number of carboxylic acid groups (broad SMARTS) is 1. The van der Waals surface area contributed by atoms with Crippen molar-refractivity contribution < 1.29 is 27.8 Å². The Bertz CT molecular complexity index is 2150. The summed E-state index contributed by atoms with van der Waals surface area (Å²) in [4.78, 5) is 31.6. The van der Waals surface area contributed by atoms with Crippen LogP contribution >= 0.6 is 11.6 Å². The second-order valence-corrected chi connectivity index (χ2v) is 21.5. The van der Waals surface area contributed by atoms with Crippen molar-refractivity contribution in [3.05, 3.63) is 53.2 Å². The van der Waals surface area contributed by atoms with Gasteiger partial charge in [0.1, 0.15) is 29.5 Å². The van der Waals surface area contributed by atoms with Crippen LogP contribution in [0.4, 0.5) is 19.4 Å². The van der Waals surface area contributed by atoms with E-state index in [4.69, 9.17) is 25.7 Å². The van der Waals surface area contributed by atoms with Gasteiger partial charge < -0.3 is 24.1 Å². The molecule has 4 aromatic rings. The van der Waals surface area contributed by atoms with Gasteiger partial charge in [-0.25, -0.2) is 13.6 Å². The lowest BCUT2D eigenvalue weighted by Crippen LogP contribution is -2.55. The topological polar surface area (TPSA) is 128 Å². The van der Waals surface area contributed by atoms with Gasteiger partial charge >= 0.3 is 12.1 Å². The molecule has 0 spiro atoms. The zero-order valence-electron chi connectivity index (χ0n) is 31.3. The van der Waals surface area contributed by atoms with Crippen LogP contribution in [0.25, 0.3) is 32.9 Å². The number of piperazine rings is 1. The molecule has 0 bridgehead atoms. The quantitative estimate of drug-likeness (QED) is 0.166. The maximum atomic E-state index is 17.0. The molecule has 0 saturated carbocycles. The highest BCUT2D eigenvalue weighted by molar-refractivity contribution is 6.74. The Kier molecular flexibility index (Phi) is 10.2. The van der Waals surface area contributed by atoms with Crippen LogP contribution in [0.15, 0.2) is 36.5 Å². The van der Waals surface area contributed by atoms with E-state index in [0.29, 0.717) is 40.8 Å². The van der Waals surface area contributed by atoms with Gasteiger partial charge in [0.25, 0.3) is 0 Å². The van der Waals surface area contributed by atoms with E-state index in [1.807, 2.05) is 4.90 Å². The smallest absolute Gasteiger partial charge is 0.407 e. The van der Waals surface area contributed by atoms with Gasteiger partial charge in [-0.1, -0.05) is 56.6 Å². The predicted octanol–water partition coefficient (Wildman–Crippen LogP) is 8.26. The molecule has 3 aliphatic rings. The molecule has 3 saturated heterocycles. The van der Waals surface area contributed by atoms with Gasteiger partial charge in [0.15, 0.2) is 14.1 Å². The van der Waals surface area contributed by atoms with Crippen molar-refractivity contribution in [3.8, 4) is 23.3 Å². The number of rotatable bonds is 9. The Morgan fingerprint density at radius 2 is 1.93 bits per heavy atom. The Hall–Kier alpha value is -4.16. The second-order valence-electron chi connectivity index (χ2n) is 16.3. The number of amides is 1. The average molecular weight is 778 g/mol. The first kappa shape index (κ1) is 38.1. The minimum Gasteiger partial charge on any atom is -0.465 e. The lowest BCUT2D eigenvalue weighted by atomic mass is 9.95. The summed E-state index contributed by atoms with van der Waals surface area (Å²) in [6.45, 7) is 13.7. The molecular formula is C39H46ClF2N7O4Si.